The molecule has 0 spiro atoms. The predicted molar refractivity (Wildman–Crippen MR) is 31.4 cm³/mol. The van der Waals surface area contributed by atoms with Gasteiger partial charge in [0, 0.05) is 5.56 Å². The minimum Gasteiger partial charge on any atom is -0.364 e. The van der Waals surface area contributed by atoms with Gasteiger partial charge in [0.1, 0.15) is 6.26 Å². The van der Waals surface area contributed by atoms with E-state index in [-0.39, 0.29) is 5.69 Å². The standard InChI is InChI=1S/C5H4ClNO2/c1-3-2-9-7-4(3)5(6)8/h2H,1H3. The summed E-state index contributed by atoms with van der Waals surface area (Å²) >= 11 is 5.09. The van der Waals surface area contributed by atoms with Gasteiger partial charge in [-0.3, -0.25) is 4.79 Å². The minimum atomic E-state index is -0.582. The van der Waals surface area contributed by atoms with Crippen molar-refractivity contribution < 1.29 is 9.32 Å². The zero-order valence-corrected chi connectivity index (χ0v) is 5.47. The van der Waals surface area contributed by atoms with E-state index in [2.05, 4.69) is 9.68 Å². The van der Waals surface area contributed by atoms with Crippen LogP contribution >= 0.6 is 11.6 Å². The number of hydrogen-bond acceptors (Lipinski definition) is 3. The molecular formula is C5H4ClNO2. The molecule has 0 saturated heterocycles. The maximum atomic E-state index is 10.4. The van der Waals surface area contributed by atoms with Gasteiger partial charge < -0.3 is 4.52 Å². The first-order valence-electron chi connectivity index (χ1n) is 2.32. The Morgan fingerprint density at radius 2 is 2.56 bits per heavy atom. The smallest absolute Gasteiger partial charge is 0.274 e. The number of carbonyl (C=O) groups is 1. The van der Waals surface area contributed by atoms with Gasteiger partial charge in [0.05, 0.1) is 0 Å². The fraction of sp³-hybridized carbons (Fsp3) is 0.200. The van der Waals surface area contributed by atoms with Crippen molar-refractivity contribution in [2.45, 2.75) is 6.92 Å². The Morgan fingerprint density at radius 1 is 1.89 bits per heavy atom. The van der Waals surface area contributed by atoms with Crippen LogP contribution in [0.5, 0.6) is 0 Å². The summed E-state index contributed by atoms with van der Waals surface area (Å²) in [5.74, 6) is 0. The van der Waals surface area contributed by atoms with Gasteiger partial charge in [-0.2, -0.15) is 0 Å². The molecule has 0 fully saturated rings. The van der Waals surface area contributed by atoms with Crippen LogP contribution in [-0.2, 0) is 0 Å². The summed E-state index contributed by atoms with van der Waals surface area (Å²) in [7, 11) is 0. The molecule has 0 aromatic carbocycles. The lowest BCUT2D eigenvalue weighted by atomic mass is 10.3. The Hall–Kier alpha value is -0.830. The van der Waals surface area contributed by atoms with Crippen molar-refractivity contribution in [3.05, 3.63) is 17.5 Å². The topological polar surface area (TPSA) is 43.1 Å². The van der Waals surface area contributed by atoms with E-state index < -0.39 is 5.24 Å². The number of halogens is 1. The Balaban J connectivity index is 3.08. The van der Waals surface area contributed by atoms with Crippen molar-refractivity contribution in [1.29, 1.82) is 0 Å². The quantitative estimate of drug-likeness (QED) is 0.561. The van der Waals surface area contributed by atoms with Gasteiger partial charge in [0.15, 0.2) is 5.69 Å². The van der Waals surface area contributed by atoms with Crippen LogP contribution in [0.25, 0.3) is 0 Å². The molecule has 1 heterocycles. The molecule has 0 bridgehead atoms. The summed E-state index contributed by atoms with van der Waals surface area (Å²) in [6, 6.07) is 0. The molecule has 9 heavy (non-hydrogen) atoms. The maximum Gasteiger partial charge on any atom is 0.274 e. The molecule has 48 valence electrons. The lowest BCUT2D eigenvalue weighted by molar-refractivity contribution is 0.107. The molecule has 0 aliphatic heterocycles. The first-order chi connectivity index (χ1) is 4.22. The third-order valence-corrected chi connectivity index (χ3v) is 1.11. The largest absolute Gasteiger partial charge is 0.364 e. The Kier molecular flexibility index (Phi) is 1.53. The number of aryl methyl sites for hydroxylation is 1. The number of carbonyl (C=O) groups excluding carboxylic acids is 1. The summed E-state index contributed by atoms with van der Waals surface area (Å²) in [5.41, 5.74) is 0.853. The highest BCUT2D eigenvalue weighted by Crippen LogP contribution is 2.06. The average Bonchev–Trinajstić information content (AvgIpc) is 2.13. The summed E-state index contributed by atoms with van der Waals surface area (Å²) < 4.78 is 4.45. The van der Waals surface area contributed by atoms with Crippen LogP contribution < -0.4 is 0 Å². The van der Waals surface area contributed by atoms with E-state index in [9.17, 15) is 4.79 Å². The van der Waals surface area contributed by atoms with Crippen LogP contribution in [0, 0.1) is 6.92 Å². The van der Waals surface area contributed by atoms with E-state index in [1.165, 1.54) is 6.26 Å². The second kappa shape index (κ2) is 2.19. The summed E-state index contributed by atoms with van der Waals surface area (Å²) in [4.78, 5) is 10.4. The molecule has 3 nitrogen and oxygen atoms in total. The number of nitrogens with zero attached hydrogens (tertiary/aromatic N) is 1. The van der Waals surface area contributed by atoms with E-state index in [1.54, 1.807) is 6.92 Å². The highest BCUT2D eigenvalue weighted by Gasteiger charge is 2.08. The molecule has 1 aromatic heterocycles. The molecule has 1 aromatic rings. The molecule has 0 aliphatic carbocycles. The van der Waals surface area contributed by atoms with Gasteiger partial charge >= 0.3 is 0 Å². The van der Waals surface area contributed by atoms with E-state index in [0.29, 0.717) is 5.56 Å². The zero-order valence-electron chi connectivity index (χ0n) is 4.72. The summed E-state index contributed by atoms with van der Waals surface area (Å²) in [5, 5.41) is 2.78. The van der Waals surface area contributed by atoms with Gasteiger partial charge in [0.2, 0.25) is 0 Å². The van der Waals surface area contributed by atoms with Gasteiger partial charge in [-0.15, -0.1) is 0 Å². The van der Waals surface area contributed by atoms with Crippen molar-refractivity contribution in [1.82, 2.24) is 5.16 Å². The van der Waals surface area contributed by atoms with Gasteiger partial charge in [-0.1, -0.05) is 5.16 Å². The van der Waals surface area contributed by atoms with Crippen LogP contribution in [0.2, 0.25) is 0 Å². The zero-order chi connectivity index (χ0) is 6.85. The first kappa shape index (κ1) is 6.29. The van der Waals surface area contributed by atoms with E-state index in [0.717, 1.165) is 0 Å². The van der Waals surface area contributed by atoms with E-state index in [1.807, 2.05) is 0 Å². The van der Waals surface area contributed by atoms with E-state index >= 15 is 0 Å². The minimum absolute atomic E-state index is 0.191. The van der Waals surface area contributed by atoms with Crippen LogP contribution in [0.1, 0.15) is 16.1 Å². The second-order valence-electron chi connectivity index (χ2n) is 1.62. The fourth-order valence-corrected chi connectivity index (χ4v) is 0.660. The second-order valence-corrected chi connectivity index (χ2v) is 1.96. The molecular weight excluding hydrogens is 142 g/mol. The lowest BCUT2D eigenvalue weighted by Crippen LogP contribution is -1.89. The van der Waals surface area contributed by atoms with Gasteiger partial charge in [-0.25, -0.2) is 0 Å². The molecule has 0 atom stereocenters. The third kappa shape index (κ3) is 1.10. The Labute approximate surface area is 56.6 Å². The SMILES string of the molecule is Cc1conc1C(=O)Cl. The van der Waals surface area contributed by atoms with Gasteiger partial charge in [0.25, 0.3) is 5.24 Å². The molecule has 4 heteroatoms. The van der Waals surface area contributed by atoms with Crippen molar-refractivity contribution in [3.63, 3.8) is 0 Å². The van der Waals surface area contributed by atoms with Crippen LogP contribution in [0.3, 0.4) is 0 Å². The number of hydrogen-bond donors (Lipinski definition) is 0. The highest BCUT2D eigenvalue weighted by molar-refractivity contribution is 6.67. The Morgan fingerprint density at radius 3 is 2.78 bits per heavy atom. The summed E-state index contributed by atoms with van der Waals surface area (Å²) in [6.45, 7) is 1.70. The molecule has 0 N–H and O–H groups in total. The Bertz CT molecular complexity index is 231. The predicted octanol–water partition coefficient (Wildman–Crippen LogP) is 1.36. The van der Waals surface area contributed by atoms with Crippen LogP contribution in [-0.4, -0.2) is 10.4 Å². The fourth-order valence-electron chi connectivity index (χ4n) is 0.477. The van der Waals surface area contributed by atoms with Crippen molar-refractivity contribution >= 4 is 16.8 Å². The van der Waals surface area contributed by atoms with Crippen LogP contribution in [0.4, 0.5) is 0 Å². The van der Waals surface area contributed by atoms with Crippen molar-refractivity contribution in [2.24, 2.45) is 0 Å². The van der Waals surface area contributed by atoms with Crippen LogP contribution in [0.15, 0.2) is 10.8 Å². The van der Waals surface area contributed by atoms with Crippen molar-refractivity contribution in [2.75, 3.05) is 0 Å². The normalized spacial score (nSPS) is 9.56. The molecule has 1 rings (SSSR count). The number of rotatable bonds is 1. The lowest BCUT2D eigenvalue weighted by Gasteiger charge is -1.80. The molecule has 0 unspecified atom stereocenters. The average molecular weight is 146 g/mol. The highest BCUT2D eigenvalue weighted by atomic mass is 35.5. The van der Waals surface area contributed by atoms with Gasteiger partial charge in [-0.05, 0) is 18.5 Å². The number of aromatic nitrogens is 1. The molecule has 0 saturated carbocycles. The summed E-state index contributed by atoms with van der Waals surface area (Å²) in [6.07, 6.45) is 1.37. The van der Waals surface area contributed by atoms with Crippen molar-refractivity contribution in [3.8, 4) is 0 Å². The molecule has 0 aliphatic rings. The van der Waals surface area contributed by atoms with E-state index in [4.69, 9.17) is 11.6 Å². The first-order valence-corrected chi connectivity index (χ1v) is 2.70. The molecule has 0 radical (unpaired) electrons. The molecule has 0 amide bonds. The monoisotopic (exact) mass is 145 g/mol. The third-order valence-electron chi connectivity index (χ3n) is 0.933. The maximum absolute atomic E-state index is 10.4.